The van der Waals surface area contributed by atoms with Gasteiger partial charge in [-0.25, -0.2) is 4.39 Å². The second-order valence-corrected chi connectivity index (χ2v) is 5.83. The minimum absolute atomic E-state index is 0.205. The molecule has 0 amide bonds. The highest BCUT2D eigenvalue weighted by Crippen LogP contribution is 2.26. The Hall–Kier alpha value is -0.710. The van der Waals surface area contributed by atoms with Crippen molar-refractivity contribution in [2.75, 3.05) is 6.54 Å². The Morgan fingerprint density at radius 1 is 1.29 bits per heavy atom. The van der Waals surface area contributed by atoms with Crippen LogP contribution in [0.1, 0.15) is 16.4 Å². The van der Waals surface area contributed by atoms with Crippen molar-refractivity contribution >= 4 is 27.3 Å². The summed E-state index contributed by atoms with van der Waals surface area (Å²) in [6.45, 7) is 0.571. The van der Waals surface area contributed by atoms with Crippen LogP contribution in [0.4, 0.5) is 4.39 Å². The zero-order valence-corrected chi connectivity index (χ0v) is 11.6. The maximum absolute atomic E-state index is 12.8. The van der Waals surface area contributed by atoms with Crippen LogP contribution >= 0.6 is 27.3 Å². The highest BCUT2D eigenvalue weighted by atomic mass is 79.9. The van der Waals surface area contributed by atoms with Crippen molar-refractivity contribution in [2.24, 2.45) is 5.73 Å². The van der Waals surface area contributed by atoms with Gasteiger partial charge >= 0.3 is 0 Å². The monoisotopic (exact) mass is 313 g/mol. The summed E-state index contributed by atoms with van der Waals surface area (Å²) < 4.78 is 14.0. The summed E-state index contributed by atoms with van der Waals surface area (Å²) in [6, 6.07) is 8.71. The fraction of sp³-hybridized carbons (Fsp3) is 0.231. The lowest BCUT2D eigenvalue weighted by Crippen LogP contribution is -2.14. The van der Waals surface area contributed by atoms with Gasteiger partial charge in [-0.15, -0.1) is 11.3 Å². The van der Waals surface area contributed by atoms with E-state index in [9.17, 15) is 4.39 Å². The lowest BCUT2D eigenvalue weighted by atomic mass is 9.95. The van der Waals surface area contributed by atoms with E-state index < -0.39 is 0 Å². The Morgan fingerprint density at radius 2 is 2.00 bits per heavy atom. The Balaban J connectivity index is 2.13. The van der Waals surface area contributed by atoms with Crippen LogP contribution in [0.25, 0.3) is 0 Å². The molecule has 0 bridgehead atoms. The molecule has 0 fully saturated rings. The molecule has 2 aromatic rings. The molecule has 0 saturated heterocycles. The molecule has 2 N–H and O–H groups in total. The van der Waals surface area contributed by atoms with Gasteiger partial charge in [0.1, 0.15) is 5.82 Å². The van der Waals surface area contributed by atoms with Crippen LogP contribution in [0.5, 0.6) is 0 Å². The molecule has 1 aromatic heterocycles. The van der Waals surface area contributed by atoms with Crippen molar-refractivity contribution in [3.8, 4) is 0 Å². The molecule has 1 nitrogen and oxygen atoms in total. The van der Waals surface area contributed by atoms with Crippen LogP contribution < -0.4 is 5.73 Å². The number of thiophene rings is 1. The highest BCUT2D eigenvalue weighted by molar-refractivity contribution is 9.10. The van der Waals surface area contributed by atoms with Crippen LogP contribution in [-0.2, 0) is 6.42 Å². The van der Waals surface area contributed by atoms with Crippen molar-refractivity contribution in [2.45, 2.75) is 12.3 Å². The summed E-state index contributed by atoms with van der Waals surface area (Å²) in [5.41, 5.74) is 6.89. The van der Waals surface area contributed by atoms with Crippen molar-refractivity contribution < 1.29 is 4.39 Å². The second kappa shape index (κ2) is 5.76. The van der Waals surface area contributed by atoms with Crippen molar-refractivity contribution in [1.29, 1.82) is 0 Å². The molecule has 0 aliphatic carbocycles. The van der Waals surface area contributed by atoms with Gasteiger partial charge in [0.25, 0.3) is 0 Å². The van der Waals surface area contributed by atoms with Crippen molar-refractivity contribution in [1.82, 2.24) is 0 Å². The van der Waals surface area contributed by atoms with E-state index in [2.05, 4.69) is 27.4 Å². The van der Waals surface area contributed by atoms with E-state index in [0.29, 0.717) is 6.54 Å². The Kier molecular flexibility index (Phi) is 4.31. The third-order valence-corrected chi connectivity index (χ3v) is 4.42. The lowest BCUT2D eigenvalue weighted by molar-refractivity contribution is 0.623. The fourth-order valence-corrected chi connectivity index (χ4v) is 3.31. The maximum Gasteiger partial charge on any atom is 0.123 e. The van der Waals surface area contributed by atoms with E-state index in [1.54, 1.807) is 11.3 Å². The molecule has 90 valence electrons. The number of halogens is 2. The number of rotatable bonds is 4. The van der Waals surface area contributed by atoms with E-state index in [0.717, 1.165) is 16.5 Å². The third-order valence-electron chi connectivity index (χ3n) is 2.70. The van der Waals surface area contributed by atoms with Gasteiger partial charge in [-0.2, -0.15) is 0 Å². The summed E-state index contributed by atoms with van der Waals surface area (Å²) in [7, 11) is 0. The highest BCUT2D eigenvalue weighted by Gasteiger charge is 2.12. The molecule has 0 saturated carbocycles. The van der Waals surface area contributed by atoms with Gasteiger partial charge in [0.15, 0.2) is 0 Å². The van der Waals surface area contributed by atoms with Gasteiger partial charge in [-0.1, -0.05) is 12.1 Å². The van der Waals surface area contributed by atoms with Crippen molar-refractivity contribution in [3.05, 3.63) is 56.4 Å². The molecule has 1 aromatic carbocycles. The van der Waals surface area contributed by atoms with Gasteiger partial charge in [-0.3, -0.25) is 0 Å². The van der Waals surface area contributed by atoms with Gasteiger partial charge in [0, 0.05) is 20.6 Å². The summed E-state index contributed by atoms with van der Waals surface area (Å²) in [5.74, 6) is 0.0459. The molecule has 0 aliphatic rings. The molecule has 4 heteroatoms. The van der Waals surface area contributed by atoms with Gasteiger partial charge in [0.2, 0.25) is 0 Å². The van der Waals surface area contributed by atoms with E-state index in [4.69, 9.17) is 5.73 Å². The molecule has 0 aliphatic heterocycles. The van der Waals surface area contributed by atoms with Crippen LogP contribution in [0.3, 0.4) is 0 Å². The molecular formula is C13H13BrFNS. The quantitative estimate of drug-likeness (QED) is 0.909. The largest absolute Gasteiger partial charge is 0.330 e. The maximum atomic E-state index is 12.8. The third kappa shape index (κ3) is 3.37. The zero-order chi connectivity index (χ0) is 12.3. The normalized spacial score (nSPS) is 12.6. The molecule has 1 atom stereocenters. The minimum Gasteiger partial charge on any atom is -0.330 e. The topological polar surface area (TPSA) is 26.0 Å². The summed E-state index contributed by atoms with van der Waals surface area (Å²) in [5, 5.41) is 2.06. The Morgan fingerprint density at radius 3 is 2.53 bits per heavy atom. The summed E-state index contributed by atoms with van der Waals surface area (Å²) >= 11 is 5.15. The van der Waals surface area contributed by atoms with Crippen molar-refractivity contribution in [3.63, 3.8) is 0 Å². The van der Waals surface area contributed by atoms with Crippen LogP contribution in [0.2, 0.25) is 0 Å². The SMILES string of the molecule is NCC(Cc1cc(Br)cs1)c1ccc(F)cc1. The molecule has 17 heavy (non-hydrogen) atoms. The first kappa shape index (κ1) is 12.7. The minimum atomic E-state index is -0.205. The Labute approximate surface area is 113 Å². The number of benzene rings is 1. The number of hydrogen-bond donors (Lipinski definition) is 1. The number of nitrogens with two attached hydrogens (primary N) is 1. The average molecular weight is 314 g/mol. The van der Waals surface area contributed by atoms with E-state index >= 15 is 0 Å². The van der Waals surface area contributed by atoms with Crippen LogP contribution in [0, 0.1) is 5.82 Å². The first-order valence-electron chi connectivity index (χ1n) is 5.37. The van der Waals surface area contributed by atoms with Crippen LogP contribution in [0.15, 0.2) is 40.2 Å². The Bertz CT molecular complexity index is 480. The lowest BCUT2D eigenvalue weighted by Gasteiger charge is -2.14. The summed E-state index contributed by atoms with van der Waals surface area (Å²) in [6.07, 6.45) is 0.901. The molecule has 0 spiro atoms. The molecule has 0 radical (unpaired) electrons. The zero-order valence-electron chi connectivity index (χ0n) is 9.20. The average Bonchev–Trinajstić information content (AvgIpc) is 2.73. The van der Waals surface area contributed by atoms with E-state index in [1.807, 2.05) is 12.1 Å². The molecule has 1 unspecified atom stereocenters. The first-order valence-corrected chi connectivity index (χ1v) is 7.04. The van der Waals surface area contributed by atoms with E-state index in [1.165, 1.54) is 17.0 Å². The predicted molar refractivity (Wildman–Crippen MR) is 73.9 cm³/mol. The predicted octanol–water partition coefficient (Wildman–Crippen LogP) is 3.93. The van der Waals surface area contributed by atoms with Gasteiger partial charge in [-0.05, 0) is 52.7 Å². The standard InChI is InChI=1S/C13H13BrFNS/c14-11-6-13(17-8-11)5-10(7-16)9-1-3-12(15)4-2-9/h1-4,6,8,10H,5,7,16H2. The van der Waals surface area contributed by atoms with E-state index in [-0.39, 0.29) is 11.7 Å². The first-order chi connectivity index (χ1) is 8.19. The summed E-state index contributed by atoms with van der Waals surface area (Å²) in [4.78, 5) is 1.29. The molecule has 1 heterocycles. The number of hydrogen-bond acceptors (Lipinski definition) is 2. The van der Waals surface area contributed by atoms with Gasteiger partial charge in [0.05, 0.1) is 0 Å². The fourth-order valence-electron chi connectivity index (χ4n) is 1.78. The molecule has 2 rings (SSSR count). The molecular weight excluding hydrogens is 301 g/mol. The smallest absolute Gasteiger partial charge is 0.123 e. The van der Waals surface area contributed by atoms with Gasteiger partial charge < -0.3 is 5.73 Å². The van der Waals surface area contributed by atoms with Crippen LogP contribution in [-0.4, -0.2) is 6.54 Å². The second-order valence-electron chi connectivity index (χ2n) is 3.92.